The highest BCUT2D eigenvalue weighted by atomic mass is 32.2. The quantitative estimate of drug-likeness (QED) is 0.406. The summed E-state index contributed by atoms with van der Waals surface area (Å²) in [6, 6.07) is 17.4. The van der Waals surface area contributed by atoms with Gasteiger partial charge in [0, 0.05) is 24.1 Å². The van der Waals surface area contributed by atoms with Gasteiger partial charge in [-0.1, -0.05) is 30.3 Å². The maximum Gasteiger partial charge on any atom is 0.243 e. The molecule has 1 saturated heterocycles. The molecule has 5 nitrogen and oxygen atoms in total. The predicted molar refractivity (Wildman–Crippen MR) is 116 cm³/mol. The molecule has 0 unspecified atom stereocenters. The molecule has 148 valence electrons. The van der Waals surface area contributed by atoms with E-state index in [0.717, 1.165) is 17.7 Å². The molecule has 1 heterocycles. The van der Waals surface area contributed by atoms with Crippen molar-refractivity contribution in [3.8, 4) is 0 Å². The lowest BCUT2D eigenvalue weighted by atomic mass is 10.2. The summed E-state index contributed by atoms with van der Waals surface area (Å²) < 4.78 is 25.3. The van der Waals surface area contributed by atoms with E-state index in [1.54, 1.807) is 30.0 Å². The Labute approximate surface area is 170 Å². The summed E-state index contributed by atoms with van der Waals surface area (Å²) in [4.78, 5) is 13.2. The summed E-state index contributed by atoms with van der Waals surface area (Å²) in [5.41, 5.74) is 1.53. The number of nitrogens with one attached hydrogen (secondary N) is 1. The number of nitrogens with zero attached hydrogens (tertiary/aromatic N) is 1. The first-order valence-electron chi connectivity index (χ1n) is 9.29. The number of thioether (sulfide) groups is 1. The van der Waals surface area contributed by atoms with E-state index in [1.165, 1.54) is 15.3 Å². The Morgan fingerprint density at radius 2 is 1.86 bits per heavy atom. The molecule has 0 saturated carbocycles. The zero-order valence-electron chi connectivity index (χ0n) is 15.6. The van der Waals surface area contributed by atoms with Crippen LogP contribution in [0.15, 0.2) is 65.6 Å². The summed E-state index contributed by atoms with van der Waals surface area (Å²) in [6.45, 7) is 1.16. The van der Waals surface area contributed by atoms with E-state index in [0.29, 0.717) is 25.2 Å². The number of carbonyl (C=O) groups excluding carboxylic acids is 1. The highest BCUT2D eigenvalue weighted by Crippen LogP contribution is 2.24. The van der Waals surface area contributed by atoms with Gasteiger partial charge in [-0.15, -0.1) is 11.8 Å². The molecule has 0 radical (unpaired) electrons. The van der Waals surface area contributed by atoms with Gasteiger partial charge < -0.3 is 5.32 Å². The second-order valence-corrected chi connectivity index (χ2v) is 9.65. The smallest absolute Gasteiger partial charge is 0.243 e. The first-order chi connectivity index (χ1) is 13.5. The second kappa shape index (κ2) is 9.80. The molecule has 0 aromatic heterocycles. The number of hydrogen-bond donors (Lipinski definition) is 1. The summed E-state index contributed by atoms with van der Waals surface area (Å²) in [5, 5.41) is 2.88. The molecule has 1 amide bonds. The van der Waals surface area contributed by atoms with Crippen molar-refractivity contribution in [1.82, 2.24) is 5.32 Å². The molecule has 3 rings (SSSR count). The molecule has 1 N–H and O–H groups in total. The summed E-state index contributed by atoms with van der Waals surface area (Å²) in [6.07, 6.45) is 4.80. The Morgan fingerprint density at radius 1 is 1.11 bits per heavy atom. The molecular weight excluding hydrogens is 392 g/mol. The molecule has 0 aliphatic carbocycles. The molecular formula is C21H24N2O3S2. The van der Waals surface area contributed by atoms with Gasteiger partial charge in [0.1, 0.15) is 0 Å². The third-order valence-corrected chi connectivity index (χ3v) is 7.31. The van der Waals surface area contributed by atoms with Crippen LogP contribution in [0.5, 0.6) is 0 Å². The lowest BCUT2D eigenvalue weighted by molar-refractivity contribution is -0.116. The Bertz CT molecular complexity index is 910. The average molecular weight is 417 g/mol. The minimum Gasteiger partial charge on any atom is -0.353 e. The van der Waals surface area contributed by atoms with Gasteiger partial charge in [0.2, 0.25) is 15.9 Å². The summed E-state index contributed by atoms with van der Waals surface area (Å²) in [7, 11) is -3.16. The first-order valence-corrected chi connectivity index (χ1v) is 11.9. The van der Waals surface area contributed by atoms with Crippen LogP contribution in [0.25, 0.3) is 6.08 Å². The van der Waals surface area contributed by atoms with Gasteiger partial charge in [0.25, 0.3) is 0 Å². The zero-order chi connectivity index (χ0) is 19.8. The SMILES string of the molecule is O=C(/C=C/c1ccc(N2CCCS2(=O)=O)cc1)NCCCSc1ccccc1. The average Bonchev–Trinajstić information content (AvgIpc) is 3.06. The van der Waals surface area contributed by atoms with Crippen molar-refractivity contribution in [2.45, 2.75) is 17.7 Å². The number of rotatable bonds is 8. The highest BCUT2D eigenvalue weighted by molar-refractivity contribution is 7.99. The van der Waals surface area contributed by atoms with Gasteiger partial charge in [0.05, 0.1) is 11.4 Å². The summed E-state index contributed by atoms with van der Waals surface area (Å²) >= 11 is 1.78. The van der Waals surface area contributed by atoms with Crippen LogP contribution < -0.4 is 9.62 Å². The number of amides is 1. The van der Waals surface area contributed by atoms with Crippen molar-refractivity contribution in [2.24, 2.45) is 0 Å². The Hall–Kier alpha value is -2.25. The fourth-order valence-electron chi connectivity index (χ4n) is 2.90. The number of sulfonamides is 1. The lowest BCUT2D eigenvalue weighted by Crippen LogP contribution is -2.24. The lowest BCUT2D eigenvalue weighted by Gasteiger charge is -2.16. The minimum atomic E-state index is -3.16. The normalized spacial score (nSPS) is 15.8. The zero-order valence-corrected chi connectivity index (χ0v) is 17.2. The van der Waals surface area contributed by atoms with E-state index >= 15 is 0 Å². The van der Waals surface area contributed by atoms with E-state index in [9.17, 15) is 13.2 Å². The third-order valence-electron chi connectivity index (χ3n) is 4.34. The molecule has 1 aliphatic heterocycles. The molecule has 2 aromatic rings. The van der Waals surface area contributed by atoms with Crippen LogP contribution in [-0.2, 0) is 14.8 Å². The highest BCUT2D eigenvalue weighted by Gasteiger charge is 2.28. The predicted octanol–water partition coefficient (Wildman–Crippen LogP) is 3.54. The number of anilines is 1. The first kappa shape index (κ1) is 20.5. The fourth-order valence-corrected chi connectivity index (χ4v) is 5.34. The van der Waals surface area contributed by atoms with E-state index < -0.39 is 10.0 Å². The van der Waals surface area contributed by atoms with E-state index in [2.05, 4.69) is 17.4 Å². The van der Waals surface area contributed by atoms with Gasteiger partial charge in [0.15, 0.2) is 0 Å². The Balaban J connectivity index is 1.40. The van der Waals surface area contributed by atoms with Crippen molar-refractivity contribution >= 4 is 39.5 Å². The number of carbonyl (C=O) groups is 1. The van der Waals surface area contributed by atoms with Gasteiger partial charge in [-0.25, -0.2) is 8.42 Å². The molecule has 0 atom stereocenters. The minimum absolute atomic E-state index is 0.129. The molecule has 1 aliphatic rings. The Morgan fingerprint density at radius 3 is 2.54 bits per heavy atom. The van der Waals surface area contributed by atoms with Crippen LogP contribution in [0.2, 0.25) is 0 Å². The van der Waals surface area contributed by atoms with E-state index in [-0.39, 0.29) is 11.7 Å². The third kappa shape index (κ3) is 5.87. The van der Waals surface area contributed by atoms with Crippen molar-refractivity contribution in [1.29, 1.82) is 0 Å². The monoisotopic (exact) mass is 416 g/mol. The van der Waals surface area contributed by atoms with Gasteiger partial charge in [-0.05, 0) is 54.5 Å². The number of benzene rings is 2. The van der Waals surface area contributed by atoms with Crippen molar-refractivity contribution in [3.05, 3.63) is 66.2 Å². The largest absolute Gasteiger partial charge is 0.353 e. The van der Waals surface area contributed by atoms with Crippen LogP contribution in [0.4, 0.5) is 5.69 Å². The fraction of sp³-hybridized carbons (Fsp3) is 0.286. The molecule has 28 heavy (non-hydrogen) atoms. The Kier molecular flexibility index (Phi) is 7.17. The molecule has 0 bridgehead atoms. The maximum absolute atomic E-state index is 11.9. The van der Waals surface area contributed by atoms with Crippen LogP contribution in [-0.4, -0.2) is 38.9 Å². The van der Waals surface area contributed by atoms with E-state index in [4.69, 9.17) is 0 Å². The van der Waals surface area contributed by atoms with Crippen LogP contribution in [0.3, 0.4) is 0 Å². The molecule has 1 fully saturated rings. The van der Waals surface area contributed by atoms with E-state index in [1.807, 2.05) is 30.3 Å². The molecule has 7 heteroatoms. The van der Waals surface area contributed by atoms with Gasteiger partial charge >= 0.3 is 0 Å². The second-order valence-electron chi connectivity index (χ2n) is 6.47. The topological polar surface area (TPSA) is 66.5 Å². The molecule has 0 spiro atoms. The standard InChI is InChI=1S/C21H24N2O3S2/c24-21(22-14-4-16-27-20-6-2-1-3-7-20)13-10-18-8-11-19(12-9-18)23-15-5-17-28(23,25)26/h1-3,6-13H,4-5,14-17H2,(H,22,24)/b13-10+. The van der Waals surface area contributed by atoms with Crippen molar-refractivity contribution in [3.63, 3.8) is 0 Å². The van der Waals surface area contributed by atoms with Gasteiger partial charge in [-0.2, -0.15) is 0 Å². The van der Waals surface area contributed by atoms with Crippen molar-refractivity contribution in [2.75, 3.05) is 28.9 Å². The molecule has 2 aromatic carbocycles. The van der Waals surface area contributed by atoms with Crippen LogP contribution in [0.1, 0.15) is 18.4 Å². The number of hydrogen-bond acceptors (Lipinski definition) is 4. The summed E-state index contributed by atoms with van der Waals surface area (Å²) in [5.74, 6) is 1.03. The van der Waals surface area contributed by atoms with Gasteiger partial charge in [-0.3, -0.25) is 9.10 Å². The van der Waals surface area contributed by atoms with Crippen molar-refractivity contribution < 1.29 is 13.2 Å². The van der Waals surface area contributed by atoms with Crippen LogP contribution >= 0.6 is 11.8 Å². The maximum atomic E-state index is 11.9. The van der Waals surface area contributed by atoms with Crippen LogP contribution in [0, 0.1) is 0 Å².